The average molecular weight is 218 g/mol. The van der Waals surface area contributed by atoms with Crippen LogP contribution < -0.4 is 0 Å². The molecule has 1 aliphatic carbocycles. The van der Waals surface area contributed by atoms with Crippen molar-refractivity contribution in [1.29, 1.82) is 0 Å². The van der Waals surface area contributed by atoms with E-state index in [9.17, 15) is 5.11 Å². The van der Waals surface area contributed by atoms with E-state index >= 15 is 0 Å². The number of benzene rings is 1. The molecule has 16 heavy (non-hydrogen) atoms. The molecule has 1 fully saturated rings. The zero-order valence-electron chi connectivity index (χ0n) is 10.8. The van der Waals surface area contributed by atoms with Crippen molar-refractivity contribution >= 4 is 0 Å². The lowest BCUT2D eigenvalue weighted by atomic mass is 9.65. The van der Waals surface area contributed by atoms with E-state index in [1.165, 1.54) is 24.8 Å². The summed E-state index contributed by atoms with van der Waals surface area (Å²) in [5.41, 5.74) is 2.98. The SMILES string of the molecule is Cc1cc(O)cc([C@@]2(C)CCCC2(C)C)c1. The molecule has 0 unspecified atom stereocenters. The van der Waals surface area contributed by atoms with Gasteiger partial charge in [-0.2, -0.15) is 0 Å². The van der Waals surface area contributed by atoms with Crippen LogP contribution in [-0.4, -0.2) is 5.11 Å². The Bertz CT molecular complexity index is 386. The molecular weight excluding hydrogens is 196 g/mol. The van der Waals surface area contributed by atoms with E-state index in [-0.39, 0.29) is 5.41 Å². The zero-order chi connectivity index (χ0) is 12.0. The van der Waals surface area contributed by atoms with E-state index in [0.29, 0.717) is 11.2 Å². The second-order valence-corrected chi connectivity index (χ2v) is 6.13. The number of aromatic hydroxyl groups is 1. The first-order valence-corrected chi connectivity index (χ1v) is 6.16. The minimum absolute atomic E-state index is 0.205. The van der Waals surface area contributed by atoms with Crippen molar-refractivity contribution in [3.8, 4) is 5.75 Å². The van der Waals surface area contributed by atoms with Crippen molar-refractivity contribution < 1.29 is 5.11 Å². The highest BCUT2D eigenvalue weighted by Crippen LogP contribution is 2.54. The monoisotopic (exact) mass is 218 g/mol. The molecule has 0 saturated heterocycles. The maximum atomic E-state index is 9.74. The smallest absolute Gasteiger partial charge is 0.116 e. The zero-order valence-corrected chi connectivity index (χ0v) is 10.8. The van der Waals surface area contributed by atoms with Gasteiger partial charge < -0.3 is 5.11 Å². The fourth-order valence-corrected chi connectivity index (χ4v) is 3.11. The summed E-state index contributed by atoms with van der Waals surface area (Å²) in [5, 5.41) is 9.74. The molecule has 1 nitrogen and oxygen atoms in total. The van der Waals surface area contributed by atoms with Gasteiger partial charge in [0.15, 0.2) is 0 Å². The van der Waals surface area contributed by atoms with E-state index in [2.05, 4.69) is 33.8 Å². The Morgan fingerprint density at radius 1 is 1.06 bits per heavy atom. The van der Waals surface area contributed by atoms with Crippen LogP contribution in [0.4, 0.5) is 0 Å². The van der Waals surface area contributed by atoms with Gasteiger partial charge in [0.25, 0.3) is 0 Å². The second-order valence-electron chi connectivity index (χ2n) is 6.13. The van der Waals surface area contributed by atoms with Gasteiger partial charge >= 0.3 is 0 Å². The summed E-state index contributed by atoms with van der Waals surface area (Å²) in [6.45, 7) is 9.08. The van der Waals surface area contributed by atoms with Gasteiger partial charge in [0.2, 0.25) is 0 Å². The van der Waals surface area contributed by atoms with Crippen LogP contribution in [0.1, 0.15) is 51.2 Å². The van der Waals surface area contributed by atoms with Gasteiger partial charge in [-0.25, -0.2) is 0 Å². The maximum absolute atomic E-state index is 9.74. The maximum Gasteiger partial charge on any atom is 0.116 e. The highest BCUT2D eigenvalue weighted by Gasteiger charge is 2.46. The molecule has 0 spiro atoms. The quantitative estimate of drug-likeness (QED) is 0.750. The third-order valence-electron chi connectivity index (χ3n) is 4.67. The standard InChI is InChI=1S/C15H22O/c1-11-8-12(10-13(16)9-11)15(4)7-5-6-14(15,2)3/h8-10,16H,5-7H2,1-4H3/t15-/m1/s1. The van der Waals surface area contributed by atoms with Crippen LogP contribution in [0.15, 0.2) is 18.2 Å². The second kappa shape index (κ2) is 3.51. The average Bonchev–Trinajstić information content (AvgIpc) is 2.41. The van der Waals surface area contributed by atoms with Crippen LogP contribution in [0.2, 0.25) is 0 Å². The number of hydrogen-bond donors (Lipinski definition) is 1. The van der Waals surface area contributed by atoms with Crippen LogP contribution in [0.5, 0.6) is 5.75 Å². The Labute approximate surface area is 98.5 Å². The lowest BCUT2D eigenvalue weighted by Gasteiger charge is -2.39. The molecular formula is C15H22O. The molecule has 1 aliphatic rings. The first-order valence-electron chi connectivity index (χ1n) is 6.16. The lowest BCUT2D eigenvalue weighted by Crippen LogP contribution is -2.33. The molecule has 88 valence electrons. The first-order chi connectivity index (χ1) is 7.35. The number of phenols is 1. The Morgan fingerprint density at radius 3 is 2.25 bits per heavy atom. The van der Waals surface area contributed by atoms with Crippen molar-refractivity contribution in [2.24, 2.45) is 5.41 Å². The molecule has 0 aliphatic heterocycles. The molecule has 1 saturated carbocycles. The van der Waals surface area contributed by atoms with Gasteiger partial charge in [-0.05, 0) is 53.9 Å². The molecule has 0 aromatic heterocycles. The molecule has 0 radical (unpaired) electrons. The third kappa shape index (κ3) is 1.63. The molecule has 1 aromatic rings. The molecule has 1 atom stereocenters. The fraction of sp³-hybridized carbons (Fsp3) is 0.600. The summed E-state index contributed by atoms with van der Waals surface area (Å²) in [4.78, 5) is 0. The summed E-state index contributed by atoms with van der Waals surface area (Å²) in [6, 6.07) is 6.00. The first kappa shape index (κ1) is 11.5. The normalized spacial score (nSPS) is 28.2. The fourth-order valence-electron chi connectivity index (χ4n) is 3.11. The highest BCUT2D eigenvalue weighted by molar-refractivity contribution is 5.39. The lowest BCUT2D eigenvalue weighted by molar-refractivity contribution is 0.224. The van der Waals surface area contributed by atoms with E-state index in [4.69, 9.17) is 0 Å². The summed E-state index contributed by atoms with van der Waals surface area (Å²) >= 11 is 0. The van der Waals surface area contributed by atoms with Gasteiger partial charge in [-0.3, -0.25) is 0 Å². The van der Waals surface area contributed by atoms with Crippen LogP contribution in [0.25, 0.3) is 0 Å². The summed E-state index contributed by atoms with van der Waals surface area (Å²) in [6.07, 6.45) is 3.79. The van der Waals surface area contributed by atoms with Crippen molar-refractivity contribution in [3.63, 3.8) is 0 Å². The highest BCUT2D eigenvalue weighted by atomic mass is 16.3. The van der Waals surface area contributed by atoms with Crippen LogP contribution in [0.3, 0.4) is 0 Å². The number of hydrogen-bond acceptors (Lipinski definition) is 1. The molecule has 0 amide bonds. The van der Waals surface area contributed by atoms with Crippen LogP contribution >= 0.6 is 0 Å². The van der Waals surface area contributed by atoms with Crippen molar-refractivity contribution in [2.75, 3.05) is 0 Å². The Morgan fingerprint density at radius 2 is 1.75 bits per heavy atom. The Balaban J connectivity index is 2.50. The van der Waals surface area contributed by atoms with Gasteiger partial charge in [-0.15, -0.1) is 0 Å². The molecule has 1 N–H and O–H groups in total. The van der Waals surface area contributed by atoms with E-state index < -0.39 is 0 Å². The number of rotatable bonds is 1. The molecule has 1 heteroatoms. The summed E-state index contributed by atoms with van der Waals surface area (Å²) in [7, 11) is 0. The topological polar surface area (TPSA) is 20.2 Å². The number of phenolic OH excluding ortho intramolecular Hbond substituents is 1. The molecule has 0 bridgehead atoms. The van der Waals surface area contributed by atoms with Crippen LogP contribution in [0, 0.1) is 12.3 Å². The van der Waals surface area contributed by atoms with E-state index in [1.54, 1.807) is 0 Å². The molecule has 2 rings (SSSR count). The van der Waals surface area contributed by atoms with Gasteiger partial charge in [0.05, 0.1) is 0 Å². The molecule has 0 heterocycles. The van der Waals surface area contributed by atoms with Crippen molar-refractivity contribution in [3.05, 3.63) is 29.3 Å². The summed E-state index contributed by atoms with van der Waals surface area (Å²) in [5.74, 6) is 0.402. The molecule has 1 aromatic carbocycles. The van der Waals surface area contributed by atoms with Crippen molar-refractivity contribution in [1.82, 2.24) is 0 Å². The van der Waals surface area contributed by atoms with Gasteiger partial charge in [0, 0.05) is 0 Å². The Kier molecular flexibility index (Phi) is 2.52. The van der Waals surface area contributed by atoms with Gasteiger partial charge in [0.1, 0.15) is 5.75 Å². The van der Waals surface area contributed by atoms with Gasteiger partial charge in [-0.1, -0.05) is 33.3 Å². The predicted octanol–water partition coefficient (Wildman–Crippen LogP) is 4.17. The Hall–Kier alpha value is -0.980. The predicted molar refractivity (Wildman–Crippen MR) is 67.8 cm³/mol. The summed E-state index contributed by atoms with van der Waals surface area (Å²) < 4.78 is 0. The van der Waals surface area contributed by atoms with E-state index in [1.807, 2.05) is 12.1 Å². The van der Waals surface area contributed by atoms with Crippen LogP contribution in [-0.2, 0) is 5.41 Å². The van der Waals surface area contributed by atoms with Crippen molar-refractivity contribution in [2.45, 2.75) is 52.4 Å². The minimum atomic E-state index is 0.205. The largest absolute Gasteiger partial charge is 0.508 e. The third-order valence-corrected chi connectivity index (χ3v) is 4.67. The number of aryl methyl sites for hydroxylation is 1. The minimum Gasteiger partial charge on any atom is -0.508 e. The van der Waals surface area contributed by atoms with E-state index in [0.717, 1.165) is 5.56 Å².